The van der Waals surface area contributed by atoms with Crippen LogP contribution in [0.2, 0.25) is 0 Å². The molecule has 2 aromatic rings. The number of benzene rings is 2. The lowest BCUT2D eigenvalue weighted by molar-refractivity contribution is -0.119. The molecular weight excluding hydrogens is 312 g/mol. The van der Waals surface area contributed by atoms with Gasteiger partial charge in [0.2, 0.25) is 5.91 Å². The van der Waals surface area contributed by atoms with Crippen molar-refractivity contribution in [3.8, 4) is 11.1 Å². The zero-order valence-electron chi connectivity index (χ0n) is 14.9. The minimum atomic E-state index is -0.514. The topological polar surface area (TPSA) is 91.3 Å². The molecule has 0 aliphatic carbocycles. The van der Waals surface area contributed by atoms with Gasteiger partial charge in [-0.15, -0.1) is 0 Å². The predicted octanol–water partition coefficient (Wildman–Crippen LogP) is 3.59. The predicted molar refractivity (Wildman–Crippen MR) is 102 cm³/mol. The normalized spacial score (nSPS) is 15.7. The van der Waals surface area contributed by atoms with Gasteiger partial charge in [-0.05, 0) is 62.1 Å². The third kappa shape index (κ3) is 2.93. The molecule has 1 heterocycles. The van der Waals surface area contributed by atoms with Crippen molar-refractivity contribution in [1.29, 1.82) is 5.41 Å². The zero-order valence-corrected chi connectivity index (χ0v) is 14.9. The number of hydrogen-bond acceptors (Lipinski definition) is 2. The quantitative estimate of drug-likeness (QED) is 0.578. The number of aliphatic imine (C=N–C) groups is 1. The van der Waals surface area contributed by atoms with Crippen molar-refractivity contribution < 1.29 is 4.79 Å². The van der Waals surface area contributed by atoms with E-state index in [1.54, 1.807) is 6.92 Å². The molecule has 0 saturated heterocycles. The van der Waals surface area contributed by atoms with E-state index in [1.165, 1.54) is 0 Å². The first-order valence-electron chi connectivity index (χ1n) is 8.17. The fourth-order valence-electron chi connectivity index (χ4n) is 3.08. The van der Waals surface area contributed by atoms with Crippen LogP contribution in [0.25, 0.3) is 11.1 Å². The molecule has 128 valence electrons. The van der Waals surface area contributed by atoms with E-state index in [4.69, 9.17) is 11.1 Å². The van der Waals surface area contributed by atoms with Gasteiger partial charge in [-0.3, -0.25) is 10.2 Å². The Morgan fingerprint density at radius 3 is 2.60 bits per heavy atom. The maximum atomic E-state index is 12.1. The maximum absolute atomic E-state index is 12.1. The molecule has 0 fully saturated rings. The monoisotopic (exact) mass is 334 g/mol. The number of hydrogen-bond donors (Lipinski definition) is 3. The van der Waals surface area contributed by atoms with Crippen LogP contribution in [0, 0.1) is 12.3 Å². The van der Waals surface area contributed by atoms with Crippen LogP contribution >= 0.6 is 0 Å². The number of anilines is 1. The first-order valence-corrected chi connectivity index (χ1v) is 8.17. The van der Waals surface area contributed by atoms with Crippen molar-refractivity contribution >= 4 is 23.3 Å². The Labute approximate surface area is 147 Å². The Hall–Kier alpha value is -2.95. The van der Waals surface area contributed by atoms with Gasteiger partial charge in [0.05, 0.1) is 11.3 Å². The molecule has 5 nitrogen and oxygen atoms in total. The second kappa shape index (κ2) is 5.84. The van der Waals surface area contributed by atoms with Crippen molar-refractivity contribution in [1.82, 2.24) is 0 Å². The van der Waals surface area contributed by atoms with Crippen LogP contribution in [0.3, 0.4) is 0 Å². The van der Waals surface area contributed by atoms with Gasteiger partial charge in [-0.2, -0.15) is 0 Å². The third-order valence-electron chi connectivity index (χ3n) is 4.62. The standard InChI is InChI=1S/C20H22N4O/c1-11-5-6-14(18(22)23-12(2)21)9-15(11)13-7-8-16-17(10-13)24-19(25)20(16,3)4/h5-10H,1-4H3,(H,24,25)(H3,21,22,23). The summed E-state index contributed by atoms with van der Waals surface area (Å²) in [5.41, 5.74) is 10.7. The fraction of sp³-hybridized carbons (Fsp3) is 0.250. The highest BCUT2D eigenvalue weighted by molar-refractivity contribution is 6.07. The Morgan fingerprint density at radius 1 is 1.20 bits per heavy atom. The van der Waals surface area contributed by atoms with Gasteiger partial charge in [0, 0.05) is 11.3 Å². The van der Waals surface area contributed by atoms with E-state index < -0.39 is 5.41 Å². The highest BCUT2D eigenvalue weighted by atomic mass is 16.2. The van der Waals surface area contributed by atoms with E-state index in [2.05, 4.69) is 10.3 Å². The summed E-state index contributed by atoms with van der Waals surface area (Å²) in [4.78, 5) is 16.2. The lowest BCUT2D eigenvalue weighted by Gasteiger charge is -2.15. The molecule has 3 rings (SSSR count). The number of carbonyl (C=O) groups excluding carboxylic acids is 1. The lowest BCUT2D eigenvalue weighted by atomic mass is 9.85. The first-order chi connectivity index (χ1) is 11.7. The van der Waals surface area contributed by atoms with E-state index in [9.17, 15) is 4.79 Å². The van der Waals surface area contributed by atoms with Gasteiger partial charge in [0.25, 0.3) is 0 Å². The molecule has 0 unspecified atom stereocenters. The number of nitrogens with zero attached hydrogens (tertiary/aromatic N) is 1. The molecule has 0 atom stereocenters. The SMILES string of the molecule is CC(N)=NC(=N)c1ccc(C)c(-c2ccc3c(c2)NC(=O)C3(C)C)c1. The summed E-state index contributed by atoms with van der Waals surface area (Å²) in [6.07, 6.45) is 0. The second-order valence-corrected chi connectivity index (χ2v) is 6.97. The maximum Gasteiger partial charge on any atom is 0.234 e. The van der Waals surface area contributed by atoms with E-state index in [0.29, 0.717) is 11.4 Å². The molecule has 0 aromatic heterocycles. The Kier molecular flexibility index (Phi) is 3.95. The van der Waals surface area contributed by atoms with Crippen molar-refractivity contribution in [3.63, 3.8) is 0 Å². The van der Waals surface area contributed by atoms with Crippen LogP contribution in [0.1, 0.15) is 37.5 Å². The molecule has 1 amide bonds. The Morgan fingerprint density at radius 2 is 1.92 bits per heavy atom. The number of aryl methyl sites for hydroxylation is 1. The summed E-state index contributed by atoms with van der Waals surface area (Å²) in [7, 11) is 0. The lowest BCUT2D eigenvalue weighted by Crippen LogP contribution is -2.26. The van der Waals surface area contributed by atoms with Crippen LogP contribution in [0.4, 0.5) is 5.69 Å². The molecule has 2 aromatic carbocycles. The molecular formula is C20H22N4O. The molecule has 1 aliphatic rings. The highest BCUT2D eigenvalue weighted by Gasteiger charge is 2.38. The Bertz CT molecular complexity index is 921. The third-order valence-corrected chi connectivity index (χ3v) is 4.62. The molecule has 0 bridgehead atoms. The van der Waals surface area contributed by atoms with E-state index in [-0.39, 0.29) is 11.7 Å². The van der Waals surface area contributed by atoms with Crippen molar-refractivity contribution in [2.75, 3.05) is 5.32 Å². The summed E-state index contributed by atoms with van der Waals surface area (Å²) in [5, 5.41) is 11.0. The van der Waals surface area contributed by atoms with E-state index in [1.807, 2.05) is 57.2 Å². The molecule has 4 N–H and O–H groups in total. The average Bonchev–Trinajstić information content (AvgIpc) is 2.76. The molecule has 0 spiro atoms. The van der Waals surface area contributed by atoms with Crippen LogP contribution in [-0.4, -0.2) is 17.6 Å². The fourth-order valence-corrected chi connectivity index (χ4v) is 3.08. The number of fused-ring (bicyclic) bond motifs is 1. The number of carbonyl (C=O) groups is 1. The Balaban J connectivity index is 2.06. The minimum Gasteiger partial charge on any atom is -0.387 e. The van der Waals surface area contributed by atoms with Gasteiger partial charge >= 0.3 is 0 Å². The molecule has 1 aliphatic heterocycles. The van der Waals surface area contributed by atoms with Crippen LogP contribution < -0.4 is 11.1 Å². The number of amidine groups is 2. The molecule has 0 radical (unpaired) electrons. The number of nitrogens with two attached hydrogens (primary N) is 1. The summed E-state index contributed by atoms with van der Waals surface area (Å²) < 4.78 is 0. The van der Waals surface area contributed by atoms with Gasteiger partial charge in [-0.1, -0.05) is 24.3 Å². The van der Waals surface area contributed by atoms with Crippen molar-refractivity contribution in [3.05, 3.63) is 53.1 Å². The first kappa shape index (κ1) is 16.9. The van der Waals surface area contributed by atoms with Gasteiger partial charge < -0.3 is 11.1 Å². The molecule has 0 saturated carbocycles. The smallest absolute Gasteiger partial charge is 0.234 e. The second-order valence-electron chi connectivity index (χ2n) is 6.97. The van der Waals surface area contributed by atoms with Gasteiger partial charge in [-0.25, -0.2) is 4.99 Å². The summed E-state index contributed by atoms with van der Waals surface area (Å²) in [6, 6.07) is 11.8. The van der Waals surface area contributed by atoms with Crippen LogP contribution in [0.15, 0.2) is 41.4 Å². The van der Waals surface area contributed by atoms with E-state index in [0.717, 1.165) is 27.9 Å². The summed E-state index contributed by atoms with van der Waals surface area (Å²) >= 11 is 0. The van der Waals surface area contributed by atoms with Crippen molar-refractivity contribution in [2.45, 2.75) is 33.1 Å². The minimum absolute atomic E-state index is 0.0136. The van der Waals surface area contributed by atoms with Gasteiger partial charge in [0.15, 0.2) is 5.84 Å². The zero-order chi connectivity index (χ0) is 18.4. The number of rotatable bonds is 2. The summed E-state index contributed by atoms with van der Waals surface area (Å²) in [6.45, 7) is 7.53. The largest absolute Gasteiger partial charge is 0.387 e. The van der Waals surface area contributed by atoms with Crippen LogP contribution in [0.5, 0.6) is 0 Å². The molecule has 25 heavy (non-hydrogen) atoms. The van der Waals surface area contributed by atoms with Gasteiger partial charge in [0.1, 0.15) is 0 Å². The van der Waals surface area contributed by atoms with Crippen LogP contribution in [-0.2, 0) is 10.2 Å². The van der Waals surface area contributed by atoms with E-state index >= 15 is 0 Å². The average molecular weight is 334 g/mol. The number of nitrogens with one attached hydrogen (secondary N) is 2. The highest BCUT2D eigenvalue weighted by Crippen LogP contribution is 2.40. The summed E-state index contributed by atoms with van der Waals surface area (Å²) in [5.74, 6) is 0.506. The molecule has 5 heteroatoms. The van der Waals surface area contributed by atoms with Crippen molar-refractivity contribution in [2.24, 2.45) is 10.7 Å². The number of amides is 1.